The highest BCUT2D eigenvalue weighted by molar-refractivity contribution is 5.94. The molecule has 1 atom stereocenters. The van der Waals surface area contributed by atoms with E-state index < -0.39 is 6.10 Å². The molecule has 2 heterocycles. The first-order chi connectivity index (χ1) is 12.1. The zero-order valence-corrected chi connectivity index (χ0v) is 14.3. The predicted octanol–water partition coefficient (Wildman–Crippen LogP) is 2.31. The molecule has 0 unspecified atom stereocenters. The highest BCUT2D eigenvalue weighted by Crippen LogP contribution is 2.31. The number of aromatic nitrogens is 1. The van der Waals surface area contributed by atoms with E-state index in [0.29, 0.717) is 30.2 Å². The van der Waals surface area contributed by atoms with Crippen molar-refractivity contribution in [3.05, 3.63) is 35.6 Å². The van der Waals surface area contributed by atoms with Crippen LogP contribution in [0.4, 0.5) is 0 Å². The molecule has 0 bridgehead atoms. The van der Waals surface area contributed by atoms with E-state index in [1.807, 2.05) is 12.1 Å². The van der Waals surface area contributed by atoms with E-state index in [9.17, 15) is 9.90 Å². The monoisotopic (exact) mass is 346 g/mol. The molecule has 0 spiro atoms. The molecule has 3 rings (SSSR count). The third kappa shape index (κ3) is 3.83. The second kappa shape index (κ2) is 7.67. The number of aliphatic hydroxyl groups excluding tert-OH is 1. The van der Waals surface area contributed by atoms with Crippen molar-refractivity contribution in [3.63, 3.8) is 0 Å². The largest absolute Gasteiger partial charge is 0.497 e. The SMILES string of the molecule is COc1ccc(-c2noc(C(=O)NC3CCOCC3)c2[C@H](C)O)cc1. The third-order valence-corrected chi connectivity index (χ3v) is 4.27. The van der Waals surface area contributed by atoms with E-state index in [1.165, 1.54) is 0 Å². The number of nitrogens with one attached hydrogen (secondary N) is 1. The molecule has 1 aliphatic rings. The molecule has 7 nitrogen and oxygen atoms in total. The van der Waals surface area contributed by atoms with E-state index in [0.717, 1.165) is 18.4 Å². The predicted molar refractivity (Wildman–Crippen MR) is 90.4 cm³/mol. The van der Waals surface area contributed by atoms with E-state index in [1.54, 1.807) is 26.2 Å². The van der Waals surface area contributed by atoms with Crippen LogP contribution in [0.25, 0.3) is 11.3 Å². The number of hydrogen-bond donors (Lipinski definition) is 2. The summed E-state index contributed by atoms with van der Waals surface area (Å²) in [6.07, 6.45) is 0.628. The Labute approximate surface area is 145 Å². The van der Waals surface area contributed by atoms with Crippen LogP contribution in [0.5, 0.6) is 5.75 Å². The number of carbonyl (C=O) groups is 1. The Kier molecular flexibility index (Phi) is 5.35. The number of amides is 1. The van der Waals surface area contributed by atoms with Crippen molar-refractivity contribution in [2.24, 2.45) is 0 Å². The van der Waals surface area contributed by atoms with Crippen molar-refractivity contribution < 1.29 is 23.9 Å². The molecular formula is C18H22N2O5. The summed E-state index contributed by atoms with van der Waals surface area (Å²) in [5, 5.41) is 17.1. The second-order valence-electron chi connectivity index (χ2n) is 6.04. The first kappa shape index (κ1) is 17.4. The van der Waals surface area contributed by atoms with Gasteiger partial charge in [-0.15, -0.1) is 0 Å². The fraction of sp³-hybridized carbons (Fsp3) is 0.444. The van der Waals surface area contributed by atoms with Crippen molar-refractivity contribution in [3.8, 4) is 17.0 Å². The molecule has 2 N–H and O–H groups in total. The van der Waals surface area contributed by atoms with Gasteiger partial charge >= 0.3 is 0 Å². The summed E-state index contributed by atoms with van der Waals surface area (Å²) in [5.41, 5.74) is 1.58. The van der Waals surface area contributed by atoms with Gasteiger partial charge in [0.1, 0.15) is 11.4 Å². The molecule has 1 amide bonds. The summed E-state index contributed by atoms with van der Waals surface area (Å²) in [7, 11) is 1.59. The summed E-state index contributed by atoms with van der Waals surface area (Å²) in [6.45, 7) is 2.84. The smallest absolute Gasteiger partial charge is 0.290 e. The summed E-state index contributed by atoms with van der Waals surface area (Å²) in [5.74, 6) is 0.394. The van der Waals surface area contributed by atoms with E-state index in [4.69, 9.17) is 14.0 Å². The summed E-state index contributed by atoms with van der Waals surface area (Å²) in [4.78, 5) is 12.6. The molecule has 1 aromatic heterocycles. The van der Waals surface area contributed by atoms with Gasteiger partial charge in [0.25, 0.3) is 5.91 Å². The van der Waals surface area contributed by atoms with Crippen LogP contribution in [-0.2, 0) is 4.74 Å². The second-order valence-corrected chi connectivity index (χ2v) is 6.04. The molecule has 7 heteroatoms. The van der Waals surface area contributed by atoms with Crippen LogP contribution in [-0.4, -0.2) is 42.5 Å². The number of aliphatic hydroxyl groups is 1. The number of carbonyl (C=O) groups excluding carboxylic acids is 1. The van der Waals surface area contributed by atoms with Gasteiger partial charge in [-0.25, -0.2) is 0 Å². The maximum absolute atomic E-state index is 12.6. The number of benzene rings is 1. The number of nitrogens with zero attached hydrogens (tertiary/aromatic N) is 1. The van der Waals surface area contributed by atoms with Gasteiger partial charge in [0.05, 0.1) is 18.8 Å². The lowest BCUT2D eigenvalue weighted by Gasteiger charge is -2.22. The number of rotatable bonds is 5. The highest BCUT2D eigenvalue weighted by Gasteiger charge is 2.28. The standard InChI is InChI=1S/C18H22N2O5/c1-11(21)15-16(12-3-5-14(23-2)6-4-12)20-25-17(15)18(22)19-13-7-9-24-10-8-13/h3-6,11,13,21H,7-10H2,1-2H3,(H,19,22)/t11-/m0/s1. The zero-order chi connectivity index (χ0) is 17.8. The Morgan fingerprint density at radius 2 is 2.00 bits per heavy atom. The first-order valence-corrected chi connectivity index (χ1v) is 8.30. The molecule has 0 saturated carbocycles. The van der Waals surface area contributed by atoms with Crippen molar-refractivity contribution >= 4 is 5.91 Å². The highest BCUT2D eigenvalue weighted by atomic mass is 16.5. The maximum Gasteiger partial charge on any atom is 0.290 e. The number of hydrogen-bond acceptors (Lipinski definition) is 6. The molecule has 2 aromatic rings. The minimum absolute atomic E-state index is 0.0395. The van der Waals surface area contributed by atoms with Crippen LogP contribution < -0.4 is 10.1 Å². The Balaban J connectivity index is 1.87. The molecule has 25 heavy (non-hydrogen) atoms. The Morgan fingerprint density at radius 3 is 2.60 bits per heavy atom. The van der Waals surface area contributed by atoms with Crippen LogP contribution in [0.1, 0.15) is 42.0 Å². The minimum atomic E-state index is -0.890. The number of methoxy groups -OCH3 is 1. The fourth-order valence-electron chi connectivity index (χ4n) is 2.90. The molecule has 134 valence electrons. The Hall–Kier alpha value is -2.38. The Morgan fingerprint density at radius 1 is 1.32 bits per heavy atom. The van der Waals surface area contributed by atoms with Crippen LogP contribution >= 0.6 is 0 Å². The van der Waals surface area contributed by atoms with Crippen LogP contribution in [0.3, 0.4) is 0 Å². The van der Waals surface area contributed by atoms with E-state index >= 15 is 0 Å². The van der Waals surface area contributed by atoms with Crippen LogP contribution in [0.2, 0.25) is 0 Å². The quantitative estimate of drug-likeness (QED) is 0.863. The zero-order valence-electron chi connectivity index (χ0n) is 14.3. The van der Waals surface area contributed by atoms with Gasteiger partial charge in [0, 0.05) is 24.8 Å². The van der Waals surface area contributed by atoms with Gasteiger partial charge in [-0.3, -0.25) is 4.79 Å². The molecule has 1 saturated heterocycles. The molecular weight excluding hydrogens is 324 g/mol. The summed E-state index contributed by atoms with van der Waals surface area (Å²) >= 11 is 0. The van der Waals surface area contributed by atoms with Gasteiger partial charge in [-0.1, -0.05) is 5.16 Å². The molecule has 1 aromatic carbocycles. The molecule has 1 aliphatic heterocycles. The minimum Gasteiger partial charge on any atom is -0.497 e. The first-order valence-electron chi connectivity index (χ1n) is 8.30. The lowest BCUT2D eigenvalue weighted by Crippen LogP contribution is -2.39. The van der Waals surface area contributed by atoms with E-state index in [2.05, 4.69) is 10.5 Å². The Bertz CT molecular complexity index is 718. The molecule has 1 fully saturated rings. The third-order valence-electron chi connectivity index (χ3n) is 4.27. The van der Waals surface area contributed by atoms with Crippen molar-refractivity contribution in [2.75, 3.05) is 20.3 Å². The van der Waals surface area contributed by atoms with Crippen molar-refractivity contribution in [1.29, 1.82) is 0 Å². The van der Waals surface area contributed by atoms with Gasteiger partial charge in [-0.05, 0) is 44.0 Å². The van der Waals surface area contributed by atoms with Crippen molar-refractivity contribution in [1.82, 2.24) is 10.5 Å². The lowest BCUT2D eigenvalue weighted by atomic mass is 10.0. The van der Waals surface area contributed by atoms with E-state index in [-0.39, 0.29) is 17.7 Å². The van der Waals surface area contributed by atoms with Gasteiger partial charge in [0.2, 0.25) is 5.76 Å². The van der Waals surface area contributed by atoms with Crippen LogP contribution in [0.15, 0.2) is 28.8 Å². The fourth-order valence-corrected chi connectivity index (χ4v) is 2.90. The molecule has 0 radical (unpaired) electrons. The van der Waals surface area contributed by atoms with Gasteiger partial charge < -0.3 is 24.4 Å². The normalized spacial score (nSPS) is 16.4. The molecule has 0 aliphatic carbocycles. The summed E-state index contributed by atoms with van der Waals surface area (Å²) < 4.78 is 15.7. The van der Waals surface area contributed by atoms with Crippen molar-refractivity contribution in [2.45, 2.75) is 31.9 Å². The van der Waals surface area contributed by atoms with Gasteiger partial charge in [0.15, 0.2) is 0 Å². The average Bonchev–Trinajstić information content (AvgIpc) is 3.08. The maximum atomic E-state index is 12.6. The topological polar surface area (TPSA) is 93.8 Å². The number of ether oxygens (including phenoxy) is 2. The van der Waals surface area contributed by atoms with Gasteiger partial charge in [-0.2, -0.15) is 0 Å². The lowest BCUT2D eigenvalue weighted by molar-refractivity contribution is 0.0675. The summed E-state index contributed by atoms with van der Waals surface area (Å²) in [6, 6.07) is 7.23. The average molecular weight is 346 g/mol. The van der Waals surface area contributed by atoms with Crippen LogP contribution in [0, 0.1) is 0 Å².